The first-order chi connectivity index (χ1) is 7.12. The third kappa shape index (κ3) is 2.73. The average Bonchev–Trinajstić information content (AvgIpc) is 2.29. The van der Waals surface area contributed by atoms with Gasteiger partial charge in [0.25, 0.3) is 0 Å². The molecule has 0 aromatic carbocycles. The second kappa shape index (κ2) is 4.84. The maximum Gasteiger partial charge on any atom is 0.244 e. The molecule has 0 unspecified atom stereocenters. The summed E-state index contributed by atoms with van der Waals surface area (Å²) in [7, 11) is 0. The molecule has 0 fully saturated rings. The summed E-state index contributed by atoms with van der Waals surface area (Å²) in [6.07, 6.45) is 5.68. The highest BCUT2D eigenvalue weighted by atomic mass is 16.2. The molecule has 0 saturated heterocycles. The van der Waals surface area contributed by atoms with E-state index in [2.05, 4.69) is 15.3 Å². The molecule has 1 amide bonds. The number of aromatic nitrogens is 2. The Kier molecular flexibility index (Phi) is 3.74. The predicted octanol–water partition coefficient (Wildman–Crippen LogP) is 0.933. The molecular formula is C10H16N4O. The summed E-state index contributed by atoms with van der Waals surface area (Å²) in [5.41, 5.74) is 5.69. The number of anilines is 1. The lowest BCUT2D eigenvalue weighted by Crippen LogP contribution is -2.50. The van der Waals surface area contributed by atoms with E-state index in [0.29, 0.717) is 18.5 Å². The molecule has 0 saturated carbocycles. The van der Waals surface area contributed by atoms with Gasteiger partial charge in [-0.2, -0.15) is 0 Å². The van der Waals surface area contributed by atoms with Gasteiger partial charge < -0.3 is 11.1 Å². The minimum atomic E-state index is -0.810. The van der Waals surface area contributed by atoms with E-state index in [1.807, 2.05) is 13.8 Å². The Hall–Kier alpha value is -1.49. The maximum atomic E-state index is 11.8. The lowest BCUT2D eigenvalue weighted by Gasteiger charge is -2.24. The van der Waals surface area contributed by atoms with Crippen LogP contribution in [0.4, 0.5) is 5.69 Å². The zero-order valence-corrected chi connectivity index (χ0v) is 9.03. The van der Waals surface area contributed by atoms with Gasteiger partial charge in [0.15, 0.2) is 0 Å². The van der Waals surface area contributed by atoms with Crippen molar-refractivity contribution >= 4 is 11.6 Å². The first kappa shape index (κ1) is 11.6. The van der Waals surface area contributed by atoms with Gasteiger partial charge in [-0.15, -0.1) is 0 Å². The number of hydrogen-bond donors (Lipinski definition) is 2. The molecule has 0 aliphatic rings. The van der Waals surface area contributed by atoms with Gasteiger partial charge >= 0.3 is 0 Å². The van der Waals surface area contributed by atoms with Gasteiger partial charge in [-0.05, 0) is 12.8 Å². The summed E-state index contributed by atoms with van der Waals surface area (Å²) >= 11 is 0. The Morgan fingerprint density at radius 3 is 2.40 bits per heavy atom. The molecule has 0 bridgehead atoms. The summed E-state index contributed by atoms with van der Waals surface area (Å²) < 4.78 is 0. The van der Waals surface area contributed by atoms with Crippen molar-refractivity contribution in [2.45, 2.75) is 32.2 Å². The minimum Gasteiger partial charge on any atom is -0.322 e. The summed E-state index contributed by atoms with van der Waals surface area (Å²) in [5.74, 6) is -0.192. The van der Waals surface area contributed by atoms with E-state index in [-0.39, 0.29) is 5.91 Å². The second-order valence-electron chi connectivity index (χ2n) is 3.44. The highest BCUT2D eigenvalue weighted by molar-refractivity contribution is 5.97. The number of nitrogens with zero attached hydrogens (tertiary/aromatic N) is 2. The van der Waals surface area contributed by atoms with Crippen molar-refractivity contribution in [3.8, 4) is 0 Å². The Morgan fingerprint density at radius 2 is 1.93 bits per heavy atom. The smallest absolute Gasteiger partial charge is 0.244 e. The van der Waals surface area contributed by atoms with Crippen LogP contribution in [0.3, 0.4) is 0 Å². The Balaban J connectivity index is 2.71. The number of hydrogen-bond acceptors (Lipinski definition) is 4. The monoisotopic (exact) mass is 208 g/mol. The van der Waals surface area contributed by atoms with Crippen molar-refractivity contribution in [2.75, 3.05) is 5.32 Å². The predicted molar refractivity (Wildman–Crippen MR) is 58.2 cm³/mol. The van der Waals surface area contributed by atoms with E-state index < -0.39 is 5.54 Å². The van der Waals surface area contributed by atoms with Gasteiger partial charge in [0, 0.05) is 0 Å². The van der Waals surface area contributed by atoms with Crippen LogP contribution in [0.5, 0.6) is 0 Å². The van der Waals surface area contributed by atoms with Gasteiger partial charge in [0.05, 0.1) is 23.6 Å². The summed E-state index contributed by atoms with van der Waals surface area (Å²) in [6.45, 7) is 3.79. The number of carbonyl (C=O) groups excluding carboxylic acids is 1. The SMILES string of the molecule is CCC(N)(CC)C(=O)Nc1cncnc1. The van der Waals surface area contributed by atoms with Crippen LogP contribution in [-0.4, -0.2) is 21.4 Å². The fourth-order valence-corrected chi connectivity index (χ4v) is 1.19. The van der Waals surface area contributed by atoms with Crippen LogP contribution in [0.1, 0.15) is 26.7 Å². The summed E-state index contributed by atoms with van der Waals surface area (Å²) in [6, 6.07) is 0. The normalized spacial score (nSPS) is 11.1. The quantitative estimate of drug-likeness (QED) is 0.771. The third-order valence-corrected chi connectivity index (χ3v) is 2.53. The van der Waals surface area contributed by atoms with E-state index in [0.717, 1.165) is 0 Å². The third-order valence-electron chi connectivity index (χ3n) is 2.53. The number of nitrogens with two attached hydrogens (primary N) is 1. The van der Waals surface area contributed by atoms with E-state index in [4.69, 9.17) is 5.73 Å². The first-order valence-corrected chi connectivity index (χ1v) is 4.97. The molecule has 3 N–H and O–H groups in total. The number of nitrogens with one attached hydrogen (secondary N) is 1. The van der Waals surface area contributed by atoms with Crippen LogP contribution < -0.4 is 11.1 Å². The number of carbonyl (C=O) groups is 1. The average molecular weight is 208 g/mol. The molecule has 5 heteroatoms. The topological polar surface area (TPSA) is 80.9 Å². The van der Waals surface area contributed by atoms with E-state index in [9.17, 15) is 4.79 Å². The molecule has 1 rings (SSSR count). The Bertz CT molecular complexity index is 321. The van der Waals surface area contributed by atoms with Gasteiger partial charge in [-0.25, -0.2) is 9.97 Å². The second-order valence-corrected chi connectivity index (χ2v) is 3.44. The van der Waals surface area contributed by atoms with Crippen LogP contribution in [0.25, 0.3) is 0 Å². The molecule has 15 heavy (non-hydrogen) atoms. The molecule has 1 aromatic heterocycles. The van der Waals surface area contributed by atoms with E-state index in [1.165, 1.54) is 18.7 Å². The zero-order valence-electron chi connectivity index (χ0n) is 9.03. The summed E-state index contributed by atoms with van der Waals surface area (Å²) in [5, 5.41) is 2.70. The van der Waals surface area contributed by atoms with Gasteiger partial charge in [-0.3, -0.25) is 4.79 Å². The molecule has 0 spiro atoms. The van der Waals surface area contributed by atoms with E-state index in [1.54, 1.807) is 0 Å². The number of amides is 1. The van der Waals surface area contributed by atoms with Crippen molar-refractivity contribution in [3.63, 3.8) is 0 Å². The van der Waals surface area contributed by atoms with Crippen molar-refractivity contribution in [2.24, 2.45) is 5.73 Å². The molecule has 0 aliphatic carbocycles. The molecule has 0 radical (unpaired) electrons. The van der Waals surface area contributed by atoms with E-state index >= 15 is 0 Å². The van der Waals surface area contributed by atoms with Crippen molar-refractivity contribution < 1.29 is 4.79 Å². The van der Waals surface area contributed by atoms with Crippen molar-refractivity contribution in [3.05, 3.63) is 18.7 Å². The molecule has 5 nitrogen and oxygen atoms in total. The molecule has 0 atom stereocenters. The summed E-state index contributed by atoms with van der Waals surface area (Å²) in [4.78, 5) is 19.4. The fourth-order valence-electron chi connectivity index (χ4n) is 1.19. The van der Waals surface area contributed by atoms with Crippen molar-refractivity contribution in [1.29, 1.82) is 0 Å². The molecule has 1 aromatic rings. The lowest BCUT2D eigenvalue weighted by atomic mass is 9.93. The van der Waals surface area contributed by atoms with Crippen LogP contribution in [0.15, 0.2) is 18.7 Å². The molecular weight excluding hydrogens is 192 g/mol. The van der Waals surface area contributed by atoms with Crippen LogP contribution in [-0.2, 0) is 4.79 Å². The van der Waals surface area contributed by atoms with Gasteiger partial charge in [-0.1, -0.05) is 13.8 Å². The highest BCUT2D eigenvalue weighted by Gasteiger charge is 2.29. The van der Waals surface area contributed by atoms with Gasteiger partial charge in [0.2, 0.25) is 5.91 Å². The molecule has 0 aliphatic heterocycles. The van der Waals surface area contributed by atoms with Crippen LogP contribution >= 0.6 is 0 Å². The van der Waals surface area contributed by atoms with Crippen LogP contribution in [0, 0.1) is 0 Å². The molecule has 1 heterocycles. The lowest BCUT2D eigenvalue weighted by molar-refractivity contribution is -0.121. The minimum absolute atomic E-state index is 0.192. The molecule has 82 valence electrons. The maximum absolute atomic E-state index is 11.8. The Morgan fingerprint density at radius 1 is 1.40 bits per heavy atom. The highest BCUT2D eigenvalue weighted by Crippen LogP contribution is 2.14. The fraction of sp³-hybridized carbons (Fsp3) is 0.500. The van der Waals surface area contributed by atoms with Crippen molar-refractivity contribution in [1.82, 2.24) is 9.97 Å². The Labute approximate surface area is 89.1 Å². The largest absolute Gasteiger partial charge is 0.322 e. The number of rotatable bonds is 4. The van der Waals surface area contributed by atoms with Crippen LogP contribution in [0.2, 0.25) is 0 Å². The van der Waals surface area contributed by atoms with Gasteiger partial charge in [0.1, 0.15) is 6.33 Å². The first-order valence-electron chi connectivity index (χ1n) is 4.97. The zero-order chi connectivity index (χ0) is 11.3. The standard InChI is InChI=1S/C10H16N4O/c1-3-10(11,4-2)9(15)14-8-5-12-7-13-6-8/h5-7H,3-4,11H2,1-2H3,(H,14,15).